The highest BCUT2D eigenvalue weighted by Gasteiger charge is 2.21. The van der Waals surface area contributed by atoms with Gasteiger partial charge in [0.2, 0.25) is 0 Å². The van der Waals surface area contributed by atoms with Crippen molar-refractivity contribution >= 4 is 29.7 Å². The fourth-order valence-electron chi connectivity index (χ4n) is 3.66. The number of hydrogen-bond acceptors (Lipinski definition) is 7. The van der Waals surface area contributed by atoms with Crippen molar-refractivity contribution in [2.75, 3.05) is 27.4 Å². The van der Waals surface area contributed by atoms with Gasteiger partial charge >= 0.3 is 0 Å². The molecule has 0 saturated heterocycles. The van der Waals surface area contributed by atoms with E-state index in [0.29, 0.717) is 47.0 Å². The van der Waals surface area contributed by atoms with Crippen molar-refractivity contribution in [2.45, 2.75) is 19.3 Å². The summed E-state index contributed by atoms with van der Waals surface area (Å²) < 4.78 is 21.4. The van der Waals surface area contributed by atoms with E-state index < -0.39 is 11.8 Å². The molecule has 0 atom stereocenters. The predicted molar refractivity (Wildman–Crippen MR) is 130 cm³/mol. The van der Waals surface area contributed by atoms with Gasteiger partial charge in [-0.05, 0) is 66.8 Å². The van der Waals surface area contributed by atoms with Crippen molar-refractivity contribution in [1.29, 1.82) is 0 Å². The first-order valence-electron chi connectivity index (χ1n) is 10.9. The zero-order valence-electron chi connectivity index (χ0n) is 19.7. The van der Waals surface area contributed by atoms with Crippen molar-refractivity contribution in [1.82, 2.24) is 0 Å². The summed E-state index contributed by atoms with van der Waals surface area (Å²) in [6.07, 6.45) is 5.80. The highest BCUT2D eigenvalue weighted by atomic mass is 16.5. The zero-order chi connectivity index (χ0) is 25.4. The third kappa shape index (κ3) is 6.86. The Morgan fingerprint density at radius 2 is 1.20 bits per heavy atom. The number of allylic oxidation sites excluding steroid dienone is 2. The Morgan fingerprint density at radius 1 is 0.771 bits per heavy atom. The molecule has 0 radical (unpaired) electrons. The van der Waals surface area contributed by atoms with Gasteiger partial charge in [0.15, 0.2) is 42.0 Å². The highest BCUT2D eigenvalue weighted by Crippen LogP contribution is 2.33. The Morgan fingerprint density at radius 3 is 1.57 bits per heavy atom. The Balaban J connectivity index is 1.81. The summed E-state index contributed by atoms with van der Waals surface area (Å²) in [5.74, 6) is 0.446. The molecule has 1 saturated carbocycles. The first kappa shape index (κ1) is 25.4. The van der Waals surface area contributed by atoms with Gasteiger partial charge in [-0.25, -0.2) is 0 Å². The summed E-state index contributed by atoms with van der Waals surface area (Å²) >= 11 is 0. The molecule has 1 aliphatic rings. The molecule has 2 aromatic carbocycles. The van der Waals surface area contributed by atoms with Crippen LogP contribution in [0.4, 0.5) is 0 Å². The molecule has 3 rings (SSSR count). The van der Waals surface area contributed by atoms with E-state index in [9.17, 15) is 14.4 Å². The van der Waals surface area contributed by atoms with Crippen LogP contribution in [0.3, 0.4) is 0 Å². The lowest BCUT2D eigenvalue weighted by molar-refractivity contribution is -0.120. The van der Waals surface area contributed by atoms with Crippen LogP contribution in [-0.2, 0) is 14.4 Å². The number of Topliss-reactive ketones (excluding diaryl/α,β-unsaturated/α-hetero) is 1. The maximum absolute atomic E-state index is 13.2. The maximum atomic E-state index is 13.2. The molecule has 0 aromatic heterocycles. The van der Waals surface area contributed by atoms with Gasteiger partial charge < -0.3 is 30.4 Å². The number of carbonyl (C=O) groups is 3. The van der Waals surface area contributed by atoms with Gasteiger partial charge in [-0.15, -0.1) is 0 Å². The van der Waals surface area contributed by atoms with E-state index in [1.54, 1.807) is 36.4 Å². The molecule has 2 aromatic rings. The Kier molecular flexibility index (Phi) is 8.50. The summed E-state index contributed by atoms with van der Waals surface area (Å²) in [4.78, 5) is 35.1. The van der Waals surface area contributed by atoms with Crippen LogP contribution in [0.5, 0.6) is 23.0 Å². The molecule has 2 amide bonds. The monoisotopic (exact) mass is 480 g/mol. The zero-order valence-corrected chi connectivity index (χ0v) is 19.7. The molecule has 9 nitrogen and oxygen atoms in total. The van der Waals surface area contributed by atoms with Crippen molar-refractivity contribution in [2.24, 2.45) is 11.5 Å². The van der Waals surface area contributed by atoms with Crippen LogP contribution >= 0.6 is 0 Å². The van der Waals surface area contributed by atoms with E-state index in [1.165, 1.54) is 14.2 Å². The lowest BCUT2D eigenvalue weighted by atomic mass is 9.87. The van der Waals surface area contributed by atoms with Crippen molar-refractivity contribution < 1.29 is 33.3 Å². The highest BCUT2D eigenvalue weighted by molar-refractivity contribution is 6.14. The van der Waals surface area contributed by atoms with Gasteiger partial charge in [0.05, 0.1) is 14.2 Å². The van der Waals surface area contributed by atoms with Gasteiger partial charge in [-0.3, -0.25) is 14.4 Å². The number of rotatable bonds is 10. The molecule has 0 unspecified atom stereocenters. The van der Waals surface area contributed by atoms with Crippen LogP contribution in [0, 0.1) is 0 Å². The molecule has 1 aliphatic carbocycles. The third-order valence-electron chi connectivity index (χ3n) is 5.27. The third-order valence-corrected chi connectivity index (χ3v) is 5.27. The lowest BCUT2D eigenvalue weighted by Crippen LogP contribution is -2.20. The first-order valence-corrected chi connectivity index (χ1v) is 10.9. The largest absolute Gasteiger partial charge is 0.493 e. The molecule has 0 heterocycles. The molecular formula is C26H28N2O7. The number of nitrogens with two attached hydrogens (primary N) is 2. The van der Waals surface area contributed by atoms with E-state index >= 15 is 0 Å². The van der Waals surface area contributed by atoms with Gasteiger partial charge in [0, 0.05) is 11.1 Å². The lowest BCUT2D eigenvalue weighted by Gasteiger charge is -2.17. The number of primary amides is 2. The topological polar surface area (TPSA) is 140 Å². The van der Waals surface area contributed by atoms with Gasteiger partial charge in [0.25, 0.3) is 11.8 Å². The number of ketones is 1. The van der Waals surface area contributed by atoms with Crippen molar-refractivity contribution in [3.05, 3.63) is 58.7 Å². The average Bonchev–Trinajstić information content (AvgIpc) is 2.84. The van der Waals surface area contributed by atoms with Gasteiger partial charge in [-0.1, -0.05) is 12.1 Å². The molecule has 4 N–H and O–H groups in total. The summed E-state index contributed by atoms with van der Waals surface area (Å²) in [6.45, 7) is -0.515. The van der Waals surface area contributed by atoms with Crippen LogP contribution in [-0.4, -0.2) is 45.0 Å². The number of hydrogen-bond donors (Lipinski definition) is 2. The standard InChI is InChI=1S/C26H28N2O7/c1-32-22-12-16(6-8-20(22)34-14-24(27)29)10-18-4-3-5-19(26(18)31)11-17-7-9-21(23(13-17)33-2)35-15-25(28)30/h6-13H,3-5,14-15H2,1-2H3,(H2,27,29)(H2,28,30)/b18-10+,19-11+. The normalized spacial score (nSPS) is 15.7. The van der Waals surface area contributed by atoms with E-state index in [2.05, 4.69) is 0 Å². The molecular weight excluding hydrogens is 452 g/mol. The van der Waals surface area contributed by atoms with E-state index in [1.807, 2.05) is 12.2 Å². The number of carbonyl (C=O) groups excluding carboxylic acids is 3. The van der Waals surface area contributed by atoms with Crippen LogP contribution in [0.15, 0.2) is 47.5 Å². The molecule has 0 bridgehead atoms. The minimum atomic E-state index is -0.587. The molecule has 1 fully saturated rings. The second-order valence-electron chi connectivity index (χ2n) is 7.85. The number of ether oxygens (including phenoxy) is 4. The fraction of sp³-hybridized carbons (Fsp3) is 0.269. The van der Waals surface area contributed by atoms with Crippen LogP contribution in [0.25, 0.3) is 12.2 Å². The molecule has 35 heavy (non-hydrogen) atoms. The first-order chi connectivity index (χ1) is 16.8. The summed E-state index contributed by atoms with van der Waals surface area (Å²) in [5.41, 5.74) is 13.2. The molecule has 0 aliphatic heterocycles. The summed E-state index contributed by atoms with van der Waals surface area (Å²) in [5, 5.41) is 0. The van der Waals surface area contributed by atoms with Crippen LogP contribution in [0.2, 0.25) is 0 Å². The van der Waals surface area contributed by atoms with Gasteiger partial charge in [0.1, 0.15) is 0 Å². The second kappa shape index (κ2) is 11.7. The Labute approximate surface area is 203 Å². The molecule has 184 valence electrons. The van der Waals surface area contributed by atoms with Crippen LogP contribution in [0.1, 0.15) is 30.4 Å². The predicted octanol–water partition coefficient (Wildman–Crippen LogP) is 2.65. The van der Waals surface area contributed by atoms with E-state index in [-0.39, 0.29) is 19.0 Å². The average molecular weight is 481 g/mol. The summed E-state index contributed by atoms with van der Waals surface area (Å²) in [6, 6.07) is 10.4. The van der Waals surface area contributed by atoms with Crippen molar-refractivity contribution in [3.63, 3.8) is 0 Å². The Bertz CT molecular complexity index is 1090. The Hall–Kier alpha value is -4.27. The summed E-state index contributed by atoms with van der Waals surface area (Å²) in [7, 11) is 2.99. The SMILES string of the molecule is COc1cc(/C=C2\CCC/C(=C\c3ccc(OCC(N)=O)c(OC)c3)C2=O)ccc1OCC(N)=O. The molecule has 0 spiro atoms. The van der Waals surface area contributed by atoms with E-state index in [0.717, 1.165) is 17.5 Å². The van der Waals surface area contributed by atoms with Crippen LogP contribution < -0.4 is 30.4 Å². The number of amides is 2. The van der Waals surface area contributed by atoms with E-state index in [4.69, 9.17) is 30.4 Å². The molecule has 9 heteroatoms. The second-order valence-corrected chi connectivity index (χ2v) is 7.85. The fourth-order valence-corrected chi connectivity index (χ4v) is 3.66. The van der Waals surface area contributed by atoms with Crippen molar-refractivity contribution in [3.8, 4) is 23.0 Å². The minimum absolute atomic E-state index is 0.0303. The smallest absolute Gasteiger partial charge is 0.255 e. The quantitative estimate of drug-likeness (QED) is 0.498. The maximum Gasteiger partial charge on any atom is 0.255 e. The van der Waals surface area contributed by atoms with Gasteiger partial charge in [-0.2, -0.15) is 0 Å². The number of methoxy groups -OCH3 is 2. The minimum Gasteiger partial charge on any atom is -0.493 e. The number of benzene rings is 2.